The van der Waals surface area contributed by atoms with Crippen LogP contribution in [0.5, 0.6) is 0 Å². The predicted molar refractivity (Wildman–Crippen MR) is 53.8 cm³/mol. The van der Waals surface area contributed by atoms with Crippen LogP contribution in [-0.2, 0) is 4.74 Å². The Morgan fingerprint density at radius 1 is 1.62 bits per heavy atom. The van der Waals surface area contributed by atoms with E-state index in [1.807, 2.05) is 6.92 Å². The van der Waals surface area contributed by atoms with Gasteiger partial charge in [0.25, 0.3) is 0 Å². The minimum absolute atomic E-state index is 0.0138. The first kappa shape index (κ1) is 10.3. The molecule has 1 saturated carbocycles. The van der Waals surface area contributed by atoms with Crippen molar-refractivity contribution in [2.45, 2.75) is 31.8 Å². The maximum absolute atomic E-state index is 5.61. The Balaban J connectivity index is 2.34. The third kappa shape index (κ3) is 2.59. The average molecular weight is 185 g/mol. The lowest BCUT2D eigenvalue weighted by Crippen LogP contribution is -2.43. The van der Waals surface area contributed by atoms with Crippen molar-refractivity contribution in [3.8, 4) is 0 Å². The Bertz CT molecular complexity index is 182. The van der Waals surface area contributed by atoms with Crippen molar-refractivity contribution in [1.82, 2.24) is 5.32 Å². The van der Waals surface area contributed by atoms with Crippen molar-refractivity contribution in [2.24, 2.45) is 10.7 Å². The second-order valence-electron chi connectivity index (χ2n) is 3.47. The van der Waals surface area contributed by atoms with Gasteiger partial charge in [0, 0.05) is 13.7 Å². The maximum atomic E-state index is 5.61. The van der Waals surface area contributed by atoms with Crippen LogP contribution in [0.2, 0.25) is 0 Å². The van der Waals surface area contributed by atoms with Gasteiger partial charge in [0.1, 0.15) is 0 Å². The van der Waals surface area contributed by atoms with E-state index in [-0.39, 0.29) is 5.60 Å². The summed E-state index contributed by atoms with van der Waals surface area (Å²) in [6.07, 6.45) is 3.45. The molecule has 0 aromatic rings. The van der Waals surface area contributed by atoms with E-state index in [1.54, 1.807) is 7.11 Å². The Morgan fingerprint density at radius 3 is 2.69 bits per heavy atom. The first-order chi connectivity index (χ1) is 6.22. The van der Waals surface area contributed by atoms with Crippen molar-refractivity contribution in [3.05, 3.63) is 0 Å². The zero-order valence-corrected chi connectivity index (χ0v) is 8.47. The second kappa shape index (κ2) is 4.46. The molecule has 0 aliphatic heterocycles. The number of aliphatic imine (C=N–C) groups is 1. The number of guanidine groups is 1. The fourth-order valence-electron chi connectivity index (χ4n) is 1.46. The lowest BCUT2D eigenvalue weighted by Gasteiger charge is -2.39. The van der Waals surface area contributed by atoms with Gasteiger partial charge < -0.3 is 15.8 Å². The van der Waals surface area contributed by atoms with Gasteiger partial charge in [0.15, 0.2) is 5.96 Å². The highest BCUT2D eigenvalue weighted by Crippen LogP contribution is 2.34. The van der Waals surface area contributed by atoms with Crippen LogP contribution in [0.1, 0.15) is 26.2 Å². The van der Waals surface area contributed by atoms with E-state index in [2.05, 4.69) is 10.3 Å². The van der Waals surface area contributed by atoms with E-state index in [0.29, 0.717) is 12.5 Å². The molecular weight excluding hydrogens is 166 g/mol. The summed E-state index contributed by atoms with van der Waals surface area (Å²) in [5.74, 6) is 0.519. The number of rotatable bonds is 4. The third-order valence-electron chi connectivity index (χ3n) is 2.59. The van der Waals surface area contributed by atoms with E-state index >= 15 is 0 Å². The van der Waals surface area contributed by atoms with Crippen LogP contribution in [-0.4, -0.2) is 31.8 Å². The van der Waals surface area contributed by atoms with Gasteiger partial charge in [-0.2, -0.15) is 0 Å². The van der Waals surface area contributed by atoms with Gasteiger partial charge in [0.2, 0.25) is 0 Å². The van der Waals surface area contributed by atoms with Gasteiger partial charge in [-0.15, -0.1) is 0 Å². The molecule has 3 N–H and O–H groups in total. The van der Waals surface area contributed by atoms with Crippen molar-refractivity contribution in [2.75, 3.05) is 20.2 Å². The highest BCUT2D eigenvalue weighted by molar-refractivity contribution is 5.77. The third-order valence-corrected chi connectivity index (χ3v) is 2.59. The molecule has 76 valence electrons. The molecule has 13 heavy (non-hydrogen) atoms. The topological polar surface area (TPSA) is 59.6 Å². The predicted octanol–water partition coefficient (Wildman–Crippen LogP) is 0.480. The average Bonchev–Trinajstić information content (AvgIpc) is 2.04. The molecule has 0 bridgehead atoms. The summed E-state index contributed by atoms with van der Waals surface area (Å²) in [5.41, 5.74) is 5.59. The molecule has 4 nitrogen and oxygen atoms in total. The minimum atomic E-state index is -0.0138. The number of methoxy groups -OCH3 is 1. The Hall–Kier alpha value is -0.770. The molecule has 1 aliphatic carbocycles. The molecule has 1 fully saturated rings. The quantitative estimate of drug-likeness (QED) is 0.494. The summed E-state index contributed by atoms with van der Waals surface area (Å²) >= 11 is 0. The minimum Gasteiger partial charge on any atom is -0.376 e. The Labute approximate surface area is 79.6 Å². The number of hydrogen-bond acceptors (Lipinski definition) is 2. The van der Waals surface area contributed by atoms with Crippen LogP contribution < -0.4 is 11.1 Å². The summed E-state index contributed by atoms with van der Waals surface area (Å²) in [5, 5.41) is 2.96. The fourth-order valence-corrected chi connectivity index (χ4v) is 1.46. The van der Waals surface area contributed by atoms with E-state index in [4.69, 9.17) is 10.5 Å². The van der Waals surface area contributed by atoms with Crippen LogP contribution in [0.15, 0.2) is 4.99 Å². The molecule has 1 rings (SSSR count). The summed E-state index contributed by atoms with van der Waals surface area (Å²) in [4.78, 5) is 4.24. The lowest BCUT2D eigenvalue weighted by molar-refractivity contribution is -0.0630. The zero-order chi connectivity index (χ0) is 9.73. The van der Waals surface area contributed by atoms with Crippen LogP contribution in [0.25, 0.3) is 0 Å². The van der Waals surface area contributed by atoms with Crippen molar-refractivity contribution in [3.63, 3.8) is 0 Å². The van der Waals surface area contributed by atoms with Gasteiger partial charge in [-0.05, 0) is 26.2 Å². The van der Waals surface area contributed by atoms with Gasteiger partial charge in [0.05, 0.1) is 12.1 Å². The first-order valence-corrected chi connectivity index (χ1v) is 4.81. The molecule has 0 aromatic heterocycles. The van der Waals surface area contributed by atoms with Gasteiger partial charge >= 0.3 is 0 Å². The number of nitrogens with one attached hydrogen (secondary N) is 1. The number of nitrogens with zero attached hydrogens (tertiary/aromatic N) is 1. The smallest absolute Gasteiger partial charge is 0.188 e. The molecule has 0 amide bonds. The molecule has 0 radical (unpaired) electrons. The van der Waals surface area contributed by atoms with E-state index in [1.165, 1.54) is 6.42 Å². The van der Waals surface area contributed by atoms with E-state index in [0.717, 1.165) is 19.4 Å². The highest BCUT2D eigenvalue weighted by Gasteiger charge is 2.36. The van der Waals surface area contributed by atoms with Gasteiger partial charge in [-0.25, -0.2) is 0 Å². The van der Waals surface area contributed by atoms with Crippen molar-refractivity contribution < 1.29 is 4.74 Å². The molecule has 1 aliphatic rings. The molecule has 0 atom stereocenters. The van der Waals surface area contributed by atoms with E-state index in [9.17, 15) is 0 Å². The molecular formula is C9H19N3O. The number of hydrogen-bond donors (Lipinski definition) is 2. The lowest BCUT2D eigenvalue weighted by atomic mass is 9.80. The summed E-state index contributed by atoms with van der Waals surface area (Å²) < 4.78 is 5.41. The highest BCUT2D eigenvalue weighted by atomic mass is 16.5. The van der Waals surface area contributed by atoms with Gasteiger partial charge in [-0.1, -0.05) is 0 Å². The van der Waals surface area contributed by atoms with Crippen LogP contribution in [0, 0.1) is 0 Å². The van der Waals surface area contributed by atoms with Crippen LogP contribution >= 0.6 is 0 Å². The van der Waals surface area contributed by atoms with Crippen LogP contribution in [0.3, 0.4) is 0 Å². The molecule has 0 aromatic carbocycles. The number of ether oxygens (including phenoxy) is 1. The molecule has 0 heterocycles. The Kier molecular flexibility index (Phi) is 3.54. The molecule has 4 heteroatoms. The maximum Gasteiger partial charge on any atom is 0.188 e. The fraction of sp³-hybridized carbons (Fsp3) is 0.889. The number of nitrogens with two attached hydrogens (primary N) is 1. The van der Waals surface area contributed by atoms with Crippen LogP contribution in [0.4, 0.5) is 0 Å². The normalized spacial score (nSPS) is 20.9. The Morgan fingerprint density at radius 2 is 2.31 bits per heavy atom. The monoisotopic (exact) mass is 185 g/mol. The molecule has 0 spiro atoms. The van der Waals surface area contributed by atoms with Gasteiger partial charge in [-0.3, -0.25) is 4.99 Å². The molecule has 0 unspecified atom stereocenters. The molecule has 0 saturated heterocycles. The standard InChI is InChI=1S/C9H19N3O/c1-3-11-8(10)12-7-9(13-2)5-4-6-9/h3-7H2,1-2H3,(H3,10,11,12). The van der Waals surface area contributed by atoms with Crippen molar-refractivity contribution in [1.29, 1.82) is 0 Å². The summed E-state index contributed by atoms with van der Waals surface area (Å²) in [6.45, 7) is 3.50. The van der Waals surface area contributed by atoms with Crippen molar-refractivity contribution >= 4 is 5.96 Å². The summed E-state index contributed by atoms with van der Waals surface area (Å²) in [7, 11) is 1.75. The second-order valence-corrected chi connectivity index (χ2v) is 3.47. The summed E-state index contributed by atoms with van der Waals surface area (Å²) in [6, 6.07) is 0. The SMILES string of the molecule is CCNC(N)=NCC1(OC)CCC1. The first-order valence-electron chi connectivity index (χ1n) is 4.81. The zero-order valence-electron chi connectivity index (χ0n) is 8.47. The van der Waals surface area contributed by atoms with E-state index < -0.39 is 0 Å². The largest absolute Gasteiger partial charge is 0.376 e.